The Balaban J connectivity index is 2.10. The van der Waals surface area contributed by atoms with Crippen LogP contribution in [0.2, 0.25) is 0 Å². The van der Waals surface area contributed by atoms with Crippen LogP contribution in [0.5, 0.6) is 0 Å². The van der Waals surface area contributed by atoms with Crippen LogP contribution in [-0.2, 0) is 14.3 Å². The summed E-state index contributed by atoms with van der Waals surface area (Å²) < 4.78 is 9.68. The molecule has 0 radical (unpaired) electrons. The van der Waals surface area contributed by atoms with Crippen LogP contribution < -0.4 is 0 Å². The van der Waals surface area contributed by atoms with Gasteiger partial charge in [0.1, 0.15) is 0 Å². The number of carbonyl (C=O) groups is 1. The van der Waals surface area contributed by atoms with E-state index in [0.717, 1.165) is 0 Å². The molecule has 6 heteroatoms. The van der Waals surface area contributed by atoms with Crippen molar-refractivity contribution in [3.05, 3.63) is 12.3 Å². The van der Waals surface area contributed by atoms with Gasteiger partial charge in [-0.2, -0.15) is 0 Å². The summed E-state index contributed by atoms with van der Waals surface area (Å²) in [6.07, 6.45) is 2.87. The van der Waals surface area contributed by atoms with Crippen molar-refractivity contribution in [2.75, 3.05) is 20.8 Å². The van der Waals surface area contributed by atoms with Crippen molar-refractivity contribution in [2.24, 2.45) is 11.1 Å². The zero-order valence-electron chi connectivity index (χ0n) is 8.54. The van der Waals surface area contributed by atoms with Crippen molar-refractivity contribution in [1.29, 1.82) is 0 Å². The molecule has 0 aromatic heterocycles. The number of fused-ring (bicyclic) bond motifs is 1. The Labute approximate surface area is 87.1 Å². The lowest BCUT2D eigenvalue weighted by atomic mass is 10.00. The van der Waals surface area contributed by atoms with E-state index in [-0.39, 0.29) is 12.0 Å². The SMILES string of the molecule is COC(=O)N1C=C[C@H]2ON=C(OC)[C@@H]2C1. The van der Waals surface area contributed by atoms with Crippen LogP contribution in [-0.4, -0.2) is 43.8 Å². The van der Waals surface area contributed by atoms with Gasteiger partial charge in [0.25, 0.3) is 0 Å². The molecule has 1 amide bonds. The first kappa shape index (κ1) is 9.82. The summed E-state index contributed by atoms with van der Waals surface area (Å²) in [5.41, 5.74) is 0. The minimum atomic E-state index is -0.396. The van der Waals surface area contributed by atoms with Gasteiger partial charge in [-0.3, -0.25) is 4.90 Å². The third-order valence-electron chi connectivity index (χ3n) is 2.45. The molecule has 0 aromatic rings. The predicted octanol–water partition coefficient (Wildman–Crippen LogP) is 0.557. The van der Waals surface area contributed by atoms with Crippen molar-refractivity contribution in [3.8, 4) is 0 Å². The molecule has 0 saturated carbocycles. The summed E-state index contributed by atoms with van der Waals surface area (Å²) >= 11 is 0. The normalized spacial score (nSPS) is 27.9. The Kier molecular flexibility index (Phi) is 2.49. The number of methoxy groups -OCH3 is 2. The molecule has 2 heterocycles. The molecule has 2 rings (SSSR count). The summed E-state index contributed by atoms with van der Waals surface area (Å²) in [7, 11) is 2.88. The molecule has 82 valence electrons. The summed E-state index contributed by atoms with van der Waals surface area (Å²) in [4.78, 5) is 17.9. The lowest BCUT2D eigenvalue weighted by Crippen LogP contribution is -2.41. The van der Waals surface area contributed by atoms with Crippen LogP contribution in [0.15, 0.2) is 17.4 Å². The first-order chi connectivity index (χ1) is 7.26. The molecule has 6 nitrogen and oxygen atoms in total. The average molecular weight is 212 g/mol. The summed E-state index contributed by atoms with van der Waals surface area (Å²) in [5.74, 6) is 0.470. The van der Waals surface area contributed by atoms with Crippen molar-refractivity contribution in [3.63, 3.8) is 0 Å². The minimum absolute atomic E-state index is 0.0425. The van der Waals surface area contributed by atoms with Gasteiger partial charge in [0, 0.05) is 12.7 Å². The maximum absolute atomic E-state index is 11.3. The Hall–Kier alpha value is -1.72. The zero-order valence-corrected chi connectivity index (χ0v) is 8.54. The third kappa shape index (κ3) is 1.62. The van der Waals surface area contributed by atoms with Crippen molar-refractivity contribution < 1.29 is 19.1 Å². The quantitative estimate of drug-likeness (QED) is 0.588. The third-order valence-corrected chi connectivity index (χ3v) is 2.45. The first-order valence-corrected chi connectivity index (χ1v) is 4.57. The number of nitrogens with zero attached hydrogens (tertiary/aromatic N) is 2. The Morgan fingerprint density at radius 3 is 3.13 bits per heavy atom. The fraction of sp³-hybridized carbons (Fsp3) is 0.556. The van der Waals surface area contributed by atoms with E-state index in [1.807, 2.05) is 0 Å². The average Bonchev–Trinajstić information content (AvgIpc) is 2.69. The highest BCUT2D eigenvalue weighted by Gasteiger charge is 2.38. The standard InChI is InChI=1S/C9H12N2O4/c1-13-8-6-5-11(9(12)14-2)4-3-7(6)15-10-8/h3-4,6-7H,5H2,1-2H3/t6-,7-/m1/s1. The van der Waals surface area contributed by atoms with E-state index in [2.05, 4.69) is 9.89 Å². The van der Waals surface area contributed by atoms with Crippen molar-refractivity contribution in [2.45, 2.75) is 6.10 Å². The molecule has 0 N–H and O–H groups in total. The van der Waals surface area contributed by atoms with Gasteiger partial charge in [-0.1, -0.05) is 5.16 Å². The van der Waals surface area contributed by atoms with Gasteiger partial charge in [0.15, 0.2) is 6.10 Å². The van der Waals surface area contributed by atoms with Gasteiger partial charge in [0.05, 0.1) is 20.1 Å². The van der Waals surface area contributed by atoms with Crippen molar-refractivity contribution >= 4 is 12.0 Å². The first-order valence-electron chi connectivity index (χ1n) is 4.57. The van der Waals surface area contributed by atoms with Gasteiger partial charge in [-0.25, -0.2) is 4.79 Å². The van der Waals surface area contributed by atoms with Gasteiger partial charge in [0.2, 0.25) is 5.90 Å². The van der Waals surface area contributed by atoms with E-state index < -0.39 is 6.09 Å². The second kappa shape index (κ2) is 3.80. The summed E-state index contributed by atoms with van der Waals surface area (Å²) in [5, 5.41) is 3.78. The smallest absolute Gasteiger partial charge is 0.413 e. The fourth-order valence-electron chi connectivity index (χ4n) is 1.65. The molecule has 2 atom stereocenters. The van der Waals surface area contributed by atoms with Crippen molar-refractivity contribution in [1.82, 2.24) is 4.90 Å². The zero-order chi connectivity index (χ0) is 10.8. The Morgan fingerprint density at radius 2 is 2.47 bits per heavy atom. The molecule has 2 aliphatic rings. The topological polar surface area (TPSA) is 60.4 Å². The van der Waals surface area contributed by atoms with Crippen LogP contribution in [0.4, 0.5) is 4.79 Å². The van der Waals surface area contributed by atoms with Gasteiger partial charge in [-0.05, 0) is 6.08 Å². The van der Waals surface area contributed by atoms with E-state index in [9.17, 15) is 4.79 Å². The number of ether oxygens (including phenoxy) is 2. The number of oxime groups is 1. The number of amides is 1. The van der Waals surface area contributed by atoms with E-state index in [0.29, 0.717) is 12.4 Å². The highest BCUT2D eigenvalue weighted by Crippen LogP contribution is 2.25. The van der Waals surface area contributed by atoms with Crippen LogP contribution in [0.3, 0.4) is 0 Å². The Bertz CT molecular complexity index is 326. The number of rotatable bonds is 0. The van der Waals surface area contributed by atoms with Crippen LogP contribution in [0.1, 0.15) is 0 Å². The molecule has 2 aliphatic heterocycles. The second-order valence-corrected chi connectivity index (χ2v) is 3.27. The number of hydrogen-bond donors (Lipinski definition) is 0. The highest BCUT2D eigenvalue weighted by molar-refractivity contribution is 5.82. The molecule has 0 aliphatic carbocycles. The second-order valence-electron chi connectivity index (χ2n) is 3.27. The maximum Gasteiger partial charge on any atom is 0.413 e. The molecule has 0 spiro atoms. The molecular formula is C9H12N2O4. The molecule has 0 unspecified atom stereocenters. The highest BCUT2D eigenvalue weighted by atomic mass is 16.7. The van der Waals surface area contributed by atoms with Crippen LogP contribution >= 0.6 is 0 Å². The largest absolute Gasteiger partial charge is 0.482 e. The van der Waals surface area contributed by atoms with Crippen LogP contribution in [0, 0.1) is 5.92 Å². The summed E-state index contributed by atoms with van der Waals surface area (Å²) in [6.45, 7) is 0.459. The van der Waals surface area contributed by atoms with E-state index >= 15 is 0 Å². The maximum atomic E-state index is 11.3. The molecule has 0 aromatic carbocycles. The lowest BCUT2D eigenvalue weighted by molar-refractivity contribution is 0.0754. The van der Waals surface area contributed by atoms with E-state index in [4.69, 9.17) is 9.57 Å². The van der Waals surface area contributed by atoms with Gasteiger partial charge < -0.3 is 14.3 Å². The molecular weight excluding hydrogens is 200 g/mol. The molecule has 0 fully saturated rings. The van der Waals surface area contributed by atoms with Gasteiger partial charge in [-0.15, -0.1) is 0 Å². The van der Waals surface area contributed by atoms with E-state index in [1.54, 1.807) is 12.3 Å². The minimum Gasteiger partial charge on any atom is -0.482 e. The monoisotopic (exact) mass is 212 g/mol. The number of hydrogen-bond acceptors (Lipinski definition) is 5. The fourth-order valence-corrected chi connectivity index (χ4v) is 1.65. The summed E-state index contributed by atoms with van der Waals surface area (Å²) in [6, 6.07) is 0. The molecule has 0 saturated heterocycles. The Morgan fingerprint density at radius 1 is 1.67 bits per heavy atom. The van der Waals surface area contributed by atoms with Gasteiger partial charge >= 0.3 is 6.09 Å². The molecule has 15 heavy (non-hydrogen) atoms. The predicted molar refractivity (Wildman–Crippen MR) is 51.1 cm³/mol. The van der Waals surface area contributed by atoms with Crippen LogP contribution in [0.25, 0.3) is 0 Å². The molecule has 0 bridgehead atoms. The van der Waals surface area contributed by atoms with E-state index in [1.165, 1.54) is 19.1 Å². The number of carbonyl (C=O) groups excluding carboxylic acids is 1. The lowest BCUT2D eigenvalue weighted by Gasteiger charge is -2.26.